The fourth-order valence-corrected chi connectivity index (χ4v) is 4.18. The van der Waals surface area contributed by atoms with Crippen molar-refractivity contribution in [1.29, 1.82) is 0 Å². The smallest absolute Gasteiger partial charge is 0.871 e. The van der Waals surface area contributed by atoms with Crippen molar-refractivity contribution in [2.24, 2.45) is 0 Å². The first-order valence-corrected chi connectivity index (χ1v) is 12.4. The van der Waals surface area contributed by atoms with Crippen LogP contribution in [0.15, 0.2) is 47.4 Å². The summed E-state index contributed by atoms with van der Waals surface area (Å²) in [6, 6.07) is 11.2. The summed E-state index contributed by atoms with van der Waals surface area (Å²) in [6.45, 7) is 2.24. The number of ether oxygens (including phenoxy) is 1. The van der Waals surface area contributed by atoms with Crippen LogP contribution in [0.25, 0.3) is 0 Å². The molecule has 0 saturated heterocycles. The van der Waals surface area contributed by atoms with Gasteiger partial charge in [-0.2, -0.15) is 8.42 Å². The van der Waals surface area contributed by atoms with E-state index in [0.717, 1.165) is 18.9 Å². The zero-order chi connectivity index (χ0) is 21.8. The fraction of sp³-hybridized carbons (Fsp3) is 0.500. The molecule has 0 heterocycles. The largest absolute Gasteiger partial charge is 1.00 e. The summed E-state index contributed by atoms with van der Waals surface area (Å²) >= 11 is 0. The minimum atomic E-state index is -4.66. The van der Waals surface area contributed by atoms with E-state index in [2.05, 4.69) is 6.92 Å². The molecule has 0 aromatic heterocycles. The van der Waals surface area contributed by atoms with E-state index in [9.17, 15) is 18.1 Å². The van der Waals surface area contributed by atoms with Crippen molar-refractivity contribution in [3.63, 3.8) is 0 Å². The van der Waals surface area contributed by atoms with Gasteiger partial charge in [-0.05, 0) is 36.6 Å². The van der Waals surface area contributed by atoms with Gasteiger partial charge in [-0.3, -0.25) is 4.55 Å². The second-order valence-corrected chi connectivity index (χ2v) is 9.09. The van der Waals surface area contributed by atoms with Crippen LogP contribution in [0.3, 0.4) is 0 Å². The van der Waals surface area contributed by atoms with E-state index in [1.165, 1.54) is 75.5 Å². The first kappa shape index (κ1) is 28.6. The molecule has 1 N–H and O–H groups in total. The van der Waals surface area contributed by atoms with Crippen molar-refractivity contribution in [1.82, 2.24) is 0 Å². The van der Waals surface area contributed by atoms with Crippen LogP contribution in [-0.2, 0) is 16.5 Å². The Kier molecular flexibility index (Phi) is 14.2. The molecule has 0 aliphatic rings. The van der Waals surface area contributed by atoms with Crippen LogP contribution in [0.5, 0.6) is 17.2 Å². The molecule has 7 heteroatoms. The molecular weight excluding hydrogens is 439 g/mol. The monoisotopic (exact) mass is 472 g/mol. The maximum atomic E-state index is 11.8. The minimum Gasteiger partial charge on any atom is -0.871 e. The molecule has 2 aromatic rings. The minimum absolute atomic E-state index is 0. The molecule has 0 amide bonds. The first-order valence-electron chi connectivity index (χ1n) is 11.0. The van der Waals surface area contributed by atoms with E-state index in [1.54, 1.807) is 12.1 Å². The molecular formula is C24H33KO5S. The third kappa shape index (κ3) is 10.8. The Morgan fingerprint density at radius 1 is 0.839 bits per heavy atom. The molecule has 0 fully saturated rings. The molecule has 0 atom stereocenters. The molecule has 0 aliphatic heterocycles. The summed E-state index contributed by atoms with van der Waals surface area (Å²) in [5.74, 6) is -0.558. The third-order valence-corrected chi connectivity index (χ3v) is 6.09. The van der Waals surface area contributed by atoms with Gasteiger partial charge in [0.25, 0.3) is 10.1 Å². The molecule has 0 bridgehead atoms. The Hall–Kier alpha value is -0.414. The number of rotatable bonds is 14. The summed E-state index contributed by atoms with van der Waals surface area (Å²) in [6.07, 6.45) is 14.0. The quantitative estimate of drug-likeness (QED) is 0.259. The fourth-order valence-electron chi connectivity index (χ4n) is 3.50. The number of hydrogen-bond acceptors (Lipinski definition) is 4. The van der Waals surface area contributed by atoms with Crippen molar-refractivity contribution >= 4 is 10.1 Å². The van der Waals surface area contributed by atoms with Crippen molar-refractivity contribution in [3.05, 3.63) is 48.0 Å². The standard InChI is InChI=1S/C24H34O5S.K/c1-2-3-4-5-6-7-8-9-10-11-13-20-16-18-21(19-17-20)29-23-15-12-14-22(25)24(23)30(26,27)28;/h12,14-19,25H,2-11,13H2,1H3,(H,26,27,28);/q;+1/p-1. The zero-order valence-corrected chi connectivity index (χ0v) is 22.7. The number of benzene rings is 2. The Labute approximate surface area is 229 Å². The summed E-state index contributed by atoms with van der Waals surface area (Å²) in [4.78, 5) is -0.737. The average Bonchev–Trinajstić information content (AvgIpc) is 2.70. The van der Waals surface area contributed by atoms with Gasteiger partial charge in [0.2, 0.25) is 0 Å². The Balaban J connectivity index is 0.00000480. The Morgan fingerprint density at radius 2 is 1.39 bits per heavy atom. The predicted octanol–water partition coefficient (Wildman–Crippen LogP) is 3.27. The van der Waals surface area contributed by atoms with E-state index in [0.29, 0.717) is 5.75 Å². The van der Waals surface area contributed by atoms with E-state index >= 15 is 0 Å². The van der Waals surface area contributed by atoms with Crippen molar-refractivity contribution in [2.75, 3.05) is 0 Å². The van der Waals surface area contributed by atoms with Crippen LogP contribution in [-0.4, -0.2) is 13.0 Å². The third-order valence-electron chi connectivity index (χ3n) is 5.17. The summed E-state index contributed by atoms with van der Waals surface area (Å²) in [5, 5.41) is 11.8. The molecule has 2 rings (SSSR count). The van der Waals surface area contributed by atoms with Gasteiger partial charge in [0.05, 0.1) is 0 Å². The number of aryl methyl sites for hydroxylation is 1. The SMILES string of the molecule is CCCCCCCCCCCCc1ccc(Oc2cccc([O-])c2S(=O)(=O)O)cc1.[K+]. The number of unbranched alkanes of at least 4 members (excludes halogenated alkanes) is 9. The molecule has 0 radical (unpaired) electrons. The van der Waals surface area contributed by atoms with Gasteiger partial charge in [0.15, 0.2) is 0 Å². The van der Waals surface area contributed by atoms with Crippen molar-refractivity contribution < 1.29 is 74.2 Å². The van der Waals surface area contributed by atoms with Crippen molar-refractivity contribution in [2.45, 2.75) is 82.4 Å². The van der Waals surface area contributed by atoms with Gasteiger partial charge >= 0.3 is 51.4 Å². The number of hydrogen-bond donors (Lipinski definition) is 1. The van der Waals surface area contributed by atoms with Crippen LogP contribution < -0.4 is 61.2 Å². The normalized spacial score (nSPS) is 11.2. The van der Waals surface area contributed by atoms with Gasteiger partial charge < -0.3 is 9.84 Å². The van der Waals surface area contributed by atoms with Crippen LogP contribution in [0.2, 0.25) is 0 Å². The maximum Gasteiger partial charge on any atom is 1.00 e. The van der Waals surface area contributed by atoms with E-state index in [-0.39, 0.29) is 57.1 Å². The molecule has 0 saturated carbocycles. The molecule has 5 nitrogen and oxygen atoms in total. The van der Waals surface area contributed by atoms with Gasteiger partial charge in [-0.1, -0.05) is 94.7 Å². The van der Waals surface area contributed by atoms with Gasteiger partial charge in [0.1, 0.15) is 16.4 Å². The van der Waals surface area contributed by atoms with Crippen LogP contribution in [0, 0.1) is 0 Å². The maximum absolute atomic E-state index is 11.8. The van der Waals surface area contributed by atoms with Gasteiger partial charge in [-0.25, -0.2) is 0 Å². The Morgan fingerprint density at radius 3 is 1.94 bits per heavy atom. The van der Waals surface area contributed by atoms with E-state index < -0.39 is 20.8 Å². The molecule has 0 spiro atoms. The topological polar surface area (TPSA) is 86.7 Å². The second-order valence-electron chi connectivity index (χ2n) is 7.74. The average molecular weight is 473 g/mol. The summed E-state index contributed by atoms with van der Waals surface area (Å²) in [7, 11) is -4.66. The van der Waals surface area contributed by atoms with E-state index in [4.69, 9.17) is 4.74 Å². The molecule has 0 unspecified atom stereocenters. The van der Waals surface area contributed by atoms with Gasteiger partial charge in [-0.15, -0.1) is 0 Å². The first-order chi connectivity index (χ1) is 14.4. The van der Waals surface area contributed by atoms with Crippen LogP contribution in [0.4, 0.5) is 0 Å². The predicted molar refractivity (Wildman–Crippen MR) is 118 cm³/mol. The van der Waals surface area contributed by atoms with Crippen molar-refractivity contribution in [3.8, 4) is 17.2 Å². The molecule has 2 aromatic carbocycles. The van der Waals surface area contributed by atoms with Gasteiger partial charge in [0, 0.05) is 0 Å². The van der Waals surface area contributed by atoms with E-state index in [1.807, 2.05) is 12.1 Å². The summed E-state index contributed by atoms with van der Waals surface area (Å²) < 4.78 is 37.8. The molecule has 31 heavy (non-hydrogen) atoms. The molecule has 166 valence electrons. The van der Waals surface area contributed by atoms with Crippen LogP contribution in [0.1, 0.15) is 76.7 Å². The zero-order valence-electron chi connectivity index (χ0n) is 18.8. The second kappa shape index (κ2) is 15.4. The Bertz CT molecular complexity index is 866. The summed E-state index contributed by atoms with van der Waals surface area (Å²) in [5.41, 5.74) is 1.19. The molecule has 0 aliphatic carbocycles. The van der Waals surface area contributed by atoms with Crippen LogP contribution >= 0.6 is 0 Å².